The molecule has 170 valence electrons. The maximum absolute atomic E-state index is 11.4. The maximum atomic E-state index is 11.4. The molecule has 2 saturated heterocycles. The first kappa shape index (κ1) is 17.8. The van der Waals surface area contributed by atoms with Crippen molar-refractivity contribution in [1.82, 2.24) is 4.90 Å². The number of carboxylic acids is 1. The zero-order chi connectivity index (χ0) is 24.4. The maximum Gasteiger partial charge on any atom is 0.335 e. The van der Waals surface area contributed by atoms with Gasteiger partial charge in [-0.15, -0.1) is 0 Å². The van der Waals surface area contributed by atoms with E-state index in [9.17, 15) is 25.2 Å². The van der Waals surface area contributed by atoms with Crippen LogP contribution in [0.5, 0.6) is 5.75 Å². The molecule has 8 heteroatoms. The number of likely N-dealkylation sites (tertiary alicyclic amines) is 1. The third-order valence-corrected chi connectivity index (χ3v) is 7.87. The van der Waals surface area contributed by atoms with Crippen molar-refractivity contribution >= 4 is 5.97 Å². The van der Waals surface area contributed by atoms with Gasteiger partial charge >= 0.3 is 5.97 Å². The molecule has 4 N–H and O–H groups in total. The second kappa shape index (κ2) is 7.71. The van der Waals surface area contributed by atoms with Gasteiger partial charge in [0.2, 0.25) is 6.29 Å². The summed E-state index contributed by atoms with van der Waals surface area (Å²) in [4.78, 5) is 13.1. The topological polar surface area (TPSA) is 120 Å². The zero-order valence-electron chi connectivity index (χ0n) is 20.2. The fourth-order valence-electron chi connectivity index (χ4n) is 6.34. The van der Waals surface area contributed by atoms with Gasteiger partial charge in [-0.1, -0.05) is 18.9 Å². The molecule has 1 saturated carbocycles. The van der Waals surface area contributed by atoms with Gasteiger partial charge in [0.1, 0.15) is 24.1 Å². The second-order valence-electron chi connectivity index (χ2n) is 9.40. The molecule has 5 rings (SSSR count). The van der Waals surface area contributed by atoms with Gasteiger partial charge in [-0.3, -0.25) is 0 Å². The predicted octanol–water partition coefficient (Wildman–Crippen LogP) is 0.646. The molecule has 2 aliphatic carbocycles. The molecule has 3 fully saturated rings. The molecule has 4 aliphatic rings. The van der Waals surface area contributed by atoms with Crippen molar-refractivity contribution in [3.63, 3.8) is 0 Å². The van der Waals surface area contributed by atoms with Crippen molar-refractivity contribution in [2.45, 2.75) is 80.7 Å². The summed E-state index contributed by atoms with van der Waals surface area (Å²) in [6, 6.07) is 5.45. The van der Waals surface area contributed by atoms with Crippen LogP contribution in [0.2, 0.25) is 0 Å². The number of fused-ring (bicyclic) bond motifs is 1. The summed E-state index contributed by atoms with van der Waals surface area (Å²) in [5, 5.41) is 39.6. The first-order valence-corrected chi connectivity index (χ1v) is 11.0. The van der Waals surface area contributed by atoms with Crippen LogP contribution in [0.15, 0.2) is 18.2 Å². The predicted molar refractivity (Wildman–Crippen MR) is 110 cm³/mol. The summed E-state index contributed by atoms with van der Waals surface area (Å²) >= 11 is 0. The number of ether oxygens (including phenoxy) is 2. The zero-order valence-corrected chi connectivity index (χ0v) is 17.2. The van der Waals surface area contributed by atoms with Gasteiger partial charge in [0, 0.05) is 15.6 Å². The third-order valence-electron chi connectivity index (χ3n) is 7.87. The number of aliphatic carboxylic acids is 1. The lowest BCUT2D eigenvalue weighted by Crippen LogP contribution is -2.61. The number of aliphatic hydroxyl groups is 3. The molecule has 0 unspecified atom stereocenters. The van der Waals surface area contributed by atoms with Crippen LogP contribution < -0.4 is 4.74 Å². The number of benzene rings is 1. The Balaban J connectivity index is 1.46. The average Bonchev–Trinajstić information content (AvgIpc) is 2.78. The van der Waals surface area contributed by atoms with Gasteiger partial charge in [-0.05, 0) is 68.4 Å². The standard InChI is InChI=1S/C23H31NO7/c1-24-9-8-23-7-3-2-4-14(23)16(24)10-12-5-6-13(11-15(12)23)30-22-19(27)17(25)18(26)20(31-22)21(28)29/h5-6,11,14,16-20,22,25-27H,2-4,7-10H2,1H3,(H,28,29)/t14-,16+,17-,18-,19+,20-,22+,23+/m0/s1/i1D3. The Kier molecular flexibility index (Phi) is 4.42. The summed E-state index contributed by atoms with van der Waals surface area (Å²) in [7, 11) is 0. The number of hydrogen-bond acceptors (Lipinski definition) is 7. The van der Waals surface area contributed by atoms with E-state index in [1.165, 1.54) is 0 Å². The Labute approximate surface area is 185 Å². The molecule has 0 aromatic heterocycles. The Morgan fingerprint density at radius 1 is 1.23 bits per heavy atom. The Hall–Kier alpha value is -1.71. The summed E-state index contributed by atoms with van der Waals surface area (Å²) in [6.45, 7) is -1.63. The van der Waals surface area contributed by atoms with Crippen LogP contribution in [0.25, 0.3) is 0 Å². The number of nitrogens with zero attached hydrogens (tertiary/aromatic N) is 1. The molecule has 8 atom stereocenters. The van der Waals surface area contributed by atoms with E-state index in [0.717, 1.165) is 43.2 Å². The average molecular weight is 437 g/mol. The van der Waals surface area contributed by atoms with Gasteiger partial charge in [0.15, 0.2) is 6.10 Å². The van der Waals surface area contributed by atoms with Crippen molar-refractivity contribution in [2.24, 2.45) is 5.92 Å². The highest BCUT2D eigenvalue weighted by Gasteiger charge is 2.53. The molecule has 2 aliphatic heterocycles. The van der Waals surface area contributed by atoms with E-state index in [2.05, 4.69) is 0 Å². The van der Waals surface area contributed by atoms with Gasteiger partial charge < -0.3 is 34.8 Å². The first-order chi connectivity index (χ1) is 16.0. The molecule has 1 aromatic carbocycles. The largest absolute Gasteiger partial charge is 0.479 e. The smallest absolute Gasteiger partial charge is 0.335 e. The molecule has 2 bridgehead atoms. The molecule has 0 amide bonds. The molecule has 0 spiro atoms. The molecular weight excluding hydrogens is 402 g/mol. The van der Waals surface area contributed by atoms with Crippen molar-refractivity contribution < 1.29 is 38.8 Å². The number of piperidine rings is 1. The lowest BCUT2D eigenvalue weighted by Gasteiger charge is -2.58. The molecule has 2 heterocycles. The van der Waals surface area contributed by atoms with E-state index in [4.69, 9.17) is 13.6 Å². The fraction of sp³-hybridized carbons (Fsp3) is 0.696. The van der Waals surface area contributed by atoms with E-state index in [0.29, 0.717) is 18.7 Å². The van der Waals surface area contributed by atoms with Crippen LogP contribution >= 0.6 is 0 Å². The monoisotopic (exact) mass is 436 g/mol. The number of carboxylic acid groups (broad SMARTS) is 1. The van der Waals surface area contributed by atoms with Crippen LogP contribution in [-0.2, 0) is 21.4 Å². The van der Waals surface area contributed by atoms with Crippen LogP contribution in [0.3, 0.4) is 0 Å². The summed E-state index contributed by atoms with van der Waals surface area (Å²) < 4.78 is 35.2. The lowest BCUT2D eigenvalue weighted by molar-refractivity contribution is -0.271. The van der Waals surface area contributed by atoms with Crippen molar-refractivity contribution in [3.05, 3.63) is 29.3 Å². The molecule has 1 aromatic rings. The van der Waals surface area contributed by atoms with Crippen molar-refractivity contribution in [2.75, 3.05) is 13.5 Å². The first-order valence-electron chi connectivity index (χ1n) is 12.5. The Morgan fingerprint density at radius 2 is 2.06 bits per heavy atom. The van der Waals surface area contributed by atoms with E-state index < -0.39 is 43.7 Å². The van der Waals surface area contributed by atoms with Crippen LogP contribution in [0.1, 0.15) is 47.3 Å². The third kappa shape index (κ3) is 3.27. The van der Waals surface area contributed by atoms with Crippen LogP contribution in [-0.4, -0.2) is 81.6 Å². The van der Waals surface area contributed by atoms with E-state index >= 15 is 0 Å². The minimum absolute atomic E-state index is 0.0442. The number of hydrogen-bond donors (Lipinski definition) is 4. The summed E-state index contributed by atoms with van der Waals surface area (Å²) in [5.41, 5.74) is 2.05. The lowest BCUT2D eigenvalue weighted by atomic mass is 9.52. The highest BCUT2D eigenvalue weighted by atomic mass is 16.7. The normalized spacial score (nSPS) is 44.2. The molecular formula is C23H31NO7. The van der Waals surface area contributed by atoms with E-state index in [1.807, 2.05) is 12.1 Å². The molecule has 8 nitrogen and oxygen atoms in total. The summed E-state index contributed by atoms with van der Waals surface area (Å²) in [6.07, 6.45) is -2.90. The number of rotatable bonds is 3. The van der Waals surface area contributed by atoms with Crippen molar-refractivity contribution in [3.8, 4) is 5.75 Å². The minimum atomic E-state index is -2.13. The summed E-state index contributed by atoms with van der Waals surface area (Å²) in [5.74, 6) is -0.873. The molecule has 31 heavy (non-hydrogen) atoms. The number of aliphatic hydroxyl groups excluding tert-OH is 3. The van der Waals surface area contributed by atoms with E-state index in [-0.39, 0.29) is 17.4 Å². The van der Waals surface area contributed by atoms with Gasteiger partial charge in [0.25, 0.3) is 0 Å². The van der Waals surface area contributed by atoms with Gasteiger partial charge in [-0.2, -0.15) is 0 Å². The minimum Gasteiger partial charge on any atom is -0.479 e. The quantitative estimate of drug-likeness (QED) is 0.545. The number of likely N-dealkylation sites (N-methyl/N-ethyl adjacent to an activating group) is 1. The Morgan fingerprint density at radius 3 is 2.84 bits per heavy atom. The van der Waals surface area contributed by atoms with Gasteiger partial charge in [0.05, 0.1) is 0 Å². The molecule has 0 radical (unpaired) electrons. The van der Waals surface area contributed by atoms with Gasteiger partial charge in [-0.25, -0.2) is 4.79 Å². The number of carbonyl (C=O) groups is 1. The van der Waals surface area contributed by atoms with Crippen molar-refractivity contribution in [1.29, 1.82) is 0 Å². The second-order valence-corrected chi connectivity index (χ2v) is 9.40. The van der Waals surface area contributed by atoms with Crippen LogP contribution in [0, 0.1) is 5.92 Å². The van der Waals surface area contributed by atoms with Crippen LogP contribution in [0.4, 0.5) is 0 Å². The van der Waals surface area contributed by atoms with E-state index in [1.54, 1.807) is 11.0 Å². The highest BCUT2D eigenvalue weighted by molar-refractivity contribution is 5.73. The SMILES string of the molecule is [2H]C([2H])([2H])N1CC[C@]23CCCC[C@H]2[C@H]1Cc1ccc(O[C@@H]2O[C@H](C(=O)O)[C@@H](O)[C@H](O)[C@H]2O)cc13. The fourth-order valence-corrected chi connectivity index (χ4v) is 6.34. The highest BCUT2D eigenvalue weighted by Crippen LogP contribution is 2.56. The Bertz CT molecular complexity index is 959.